The number of non-ortho nitro benzene ring substituents is 1. The van der Waals surface area contributed by atoms with Gasteiger partial charge >= 0.3 is 5.97 Å². The van der Waals surface area contributed by atoms with Crippen molar-refractivity contribution in [1.29, 1.82) is 0 Å². The van der Waals surface area contributed by atoms with Crippen LogP contribution in [0.5, 0.6) is 11.5 Å². The lowest BCUT2D eigenvalue weighted by Gasteiger charge is -2.13. The van der Waals surface area contributed by atoms with E-state index in [4.69, 9.17) is 9.47 Å². The molecule has 0 aliphatic carbocycles. The first-order valence-electron chi connectivity index (χ1n) is 9.54. The van der Waals surface area contributed by atoms with E-state index in [9.17, 15) is 24.5 Å². The number of hydrogen-bond donors (Lipinski definition) is 0. The van der Waals surface area contributed by atoms with Crippen LogP contribution in [0, 0.1) is 10.1 Å². The molecule has 2 amide bonds. The van der Waals surface area contributed by atoms with Gasteiger partial charge in [-0.2, -0.15) is 0 Å². The number of esters is 1. The SMILES string of the molecule is O=C(CN1C(=O)c2ccccc2C1=O)OCc1ccc(Oc2ccc([N+](=O)[O-])cc2)cc1. The number of hydrogen-bond acceptors (Lipinski definition) is 7. The standard InChI is InChI=1S/C23H16N2O7/c26-21(13-24-22(27)19-3-1-2-4-20(19)23(24)28)31-14-15-5-9-17(10-6-15)32-18-11-7-16(8-12-18)25(29)30/h1-12H,13-14H2. The third-order valence-electron chi connectivity index (χ3n) is 4.77. The Kier molecular flexibility index (Phi) is 5.63. The monoisotopic (exact) mass is 432 g/mol. The van der Waals surface area contributed by atoms with Crippen LogP contribution in [0.2, 0.25) is 0 Å². The highest BCUT2D eigenvalue weighted by Gasteiger charge is 2.36. The zero-order valence-electron chi connectivity index (χ0n) is 16.6. The van der Waals surface area contributed by atoms with E-state index >= 15 is 0 Å². The van der Waals surface area contributed by atoms with Crippen LogP contribution in [0.15, 0.2) is 72.8 Å². The molecule has 0 spiro atoms. The second-order valence-electron chi connectivity index (χ2n) is 6.90. The highest BCUT2D eigenvalue weighted by atomic mass is 16.6. The molecule has 0 atom stereocenters. The number of benzene rings is 3. The van der Waals surface area contributed by atoms with Crippen molar-refractivity contribution in [3.63, 3.8) is 0 Å². The summed E-state index contributed by atoms with van der Waals surface area (Å²) in [6.07, 6.45) is 0. The van der Waals surface area contributed by atoms with Crippen molar-refractivity contribution in [2.45, 2.75) is 6.61 Å². The molecule has 0 radical (unpaired) electrons. The maximum absolute atomic E-state index is 12.3. The number of nitro groups is 1. The van der Waals surface area contributed by atoms with Crippen molar-refractivity contribution >= 4 is 23.5 Å². The van der Waals surface area contributed by atoms with Crippen LogP contribution >= 0.6 is 0 Å². The summed E-state index contributed by atoms with van der Waals surface area (Å²) in [7, 11) is 0. The second-order valence-corrected chi connectivity index (χ2v) is 6.90. The Morgan fingerprint density at radius 3 is 1.91 bits per heavy atom. The molecule has 160 valence electrons. The molecule has 9 heteroatoms. The molecule has 4 rings (SSSR count). The molecule has 0 saturated heterocycles. The molecule has 0 unspecified atom stereocenters. The van der Waals surface area contributed by atoms with E-state index in [2.05, 4.69) is 0 Å². The lowest BCUT2D eigenvalue weighted by Crippen LogP contribution is -2.35. The molecule has 3 aromatic carbocycles. The van der Waals surface area contributed by atoms with Gasteiger partial charge in [-0.25, -0.2) is 0 Å². The van der Waals surface area contributed by atoms with Crippen molar-refractivity contribution in [3.8, 4) is 11.5 Å². The van der Waals surface area contributed by atoms with Crippen molar-refractivity contribution in [2.75, 3.05) is 6.54 Å². The number of amides is 2. The fourth-order valence-corrected chi connectivity index (χ4v) is 3.15. The van der Waals surface area contributed by atoms with Crippen LogP contribution in [0.1, 0.15) is 26.3 Å². The third-order valence-corrected chi connectivity index (χ3v) is 4.77. The number of imide groups is 1. The van der Waals surface area contributed by atoms with Gasteiger partial charge in [-0.1, -0.05) is 24.3 Å². The Morgan fingerprint density at radius 1 is 0.844 bits per heavy atom. The van der Waals surface area contributed by atoms with Gasteiger partial charge in [-0.05, 0) is 42.0 Å². The van der Waals surface area contributed by atoms with Gasteiger partial charge in [0.05, 0.1) is 16.1 Å². The minimum absolute atomic E-state index is 0.0317. The zero-order valence-corrected chi connectivity index (χ0v) is 16.6. The topological polar surface area (TPSA) is 116 Å². The van der Waals surface area contributed by atoms with Gasteiger partial charge in [-0.15, -0.1) is 0 Å². The van der Waals surface area contributed by atoms with Crippen molar-refractivity contribution in [1.82, 2.24) is 4.90 Å². The first-order valence-corrected chi connectivity index (χ1v) is 9.54. The summed E-state index contributed by atoms with van der Waals surface area (Å²) in [6.45, 7) is -0.506. The van der Waals surface area contributed by atoms with Gasteiger partial charge in [0.25, 0.3) is 17.5 Å². The summed E-state index contributed by atoms with van der Waals surface area (Å²) in [6, 6.07) is 18.8. The van der Waals surface area contributed by atoms with E-state index in [1.54, 1.807) is 48.5 Å². The maximum Gasteiger partial charge on any atom is 0.326 e. The number of carbonyl (C=O) groups excluding carboxylic acids is 3. The van der Waals surface area contributed by atoms with Gasteiger partial charge in [0, 0.05) is 12.1 Å². The van der Waals surface area contributed by atoms with Crippen LogP contribution in [-0.2, 0) is 16.1 Å². The van der Waals surface area contributed by atoms with Crippen LogP contribution in [0.25, 0.3) is 0 Å². The summed E-state index contributed by atoms with van der Waals surface area (Å²) in [5.41, 5.74) is 1.19. The second kappa shape index (κ2) is 8.68. The number of rotatable bonds is 7. The van der Waals surface area contributed by atoms with Crippen LogP contribution in [-0.4, -0.2) is 34.2 Å². The van der Waals surface area contributed by atoms with Gasteiger partial charge in [-0.3, -0.25) is 29.4 Å². The number of ether oxygens (including phenoxy) is 2. The predicted molar refractivity (Wildman–Crippen MR) is 111 cm³/mol. The average molecular weight is 432 g/mol. The van der Waals surface area contributed by atoms with E-state index < -0.39 is 29.3 Å². The predicted octanol–water partition coefficient (Wildman–Crippen LogP) is 3.73. The normalized spacial score (nSPS) is 12.4. The smallest absolute Gasteiger partial charge is 0.326 e. The summed E-state index contributed by atoms with van der Waals surface area (Å²) in [4.78, 5) is 47.8. The Morgan fingerprint density at radius 2 is 1.38 bits per heavy atom. The Hall–Kier alpha value is -4.53. The van der Waals surface area contributed by atoms with E-state index in [1.165, 1.54) is 24.3 Å². The van der Waals surface area contributed by atoms with Crippen LogP contribution in [0.3, 0.4) is 0 Å². The summed E-state index contributed by atoms with van der Waals surface area (Å²) in [5, 5.41) is 10.7. The van der Waals surface area contributed by atoms with Gasteiger partial charge in [0.1, 0.15) is 24.7 Å². The van der Waals surface area contributed by atoms with E-state index in [0.717, 1.165) is 4.90 Å². The maximum atomic E-state index is 12.3. The highest BCUT2D eigenvalue weighted by Crippen LogP contribution is 2.25. The molecule has 9 nitrogen and oxygen atoms in total. The molecular formula is C23H16N2O7. The quantitative estimate of drug-likeness (QED) is 0.242. The Labute approximate surface area is 181 Å². The molecule has 1 aliphatic heterocycles. The molecule has 0 saturated carbocycles. The Balaban J connectivity index is 1.30. The van der Waals surface area contributed by atoms with E-state index in [1.807, 2.05) is 0 Å². The lowest BCUT2D eigenvalue weighted by atomic mass is 10.1. The number of nitro benzene ring substituents is 1. The van der Waals surface area contributed by atoms with Gasteiger partial charge in [0.2, 0.25) is 0 Å². The first-order chi connectivity index (χ1) is 15.4. The van der Waals surface area contributed by atoms with E-state index in [-0.39, 0.29) is 23.4 Å². The van der Waals surface area contributed by atoms with Crippen molar-refractivity contribution in [3.05, 3.63) is 99.6 Å². The third kappa shape index (κ3) is 4.31. The van der Waals surface area contributed by atoms with Crippen LogP contribution in [0.4, 0.5) is 5.69 Å². The summed E-state index contributed by atoms with van der Waals surface area (Å²) in [5.74, 6) is -0.799. The lowest BCUT2D eigenvalue weighted by molar-refractivity contribution is -0.384. The van der Waals surface area contributed by atoms with Gasteiger partial charge < -0.3 is 9.47 Å². The minimum Gasteiger partial charge on any atom is -0.459 e. The molecule has 0 aromatic heterocycles. The van der Waals surface area contributed by atoms with Crippen LogP contribution < -0.4 is 4.74 Å². The zero-order chi connectivity index (χ0) is 22.7. The number of fused-ring (bicyclic) bond motifs is 1. The van der Waals surface area contributed by atoms with Crippen molar-refractivity contribution < 1.29 is 28.8 Å². The summed E-state index contributed by atoms with van der Waals surface area (Å²) >= 11 is 0. The molecule has 0 N–H and O–H groups in total. The average Bonchev–Trinajstić information content (AvgIpc) is 3.04. The largest absolute Gasteiger partial charge is 0.459 e. The number of carbonyl (C=O) groups is 3. The molecular weight excluding hydrogens is 416 g/mol. The van der Waals surface area contributed by atoms with Gasteiger partial charge in [0.15, 0.2) is 0 Å². The molecule has 1 aliphatic rings. The highest BCUT2D eigenvalue weighted by molar-refractivity contribution is 6.22. The van der Waals surface area contributed by atoms with E-state index in [0.29, 0.717) is 17.1 Å². The number of nitrogens with zero attached hydrogens (tertiary/aromatic N) is 2. The first kappa shape index (κ1) is 20.7. The molecule has 0 bridgehead atoms. The molecule has 1 heterocycles. The van der Waals surface area contributed by atoms with Crippen molar-refractivity contribution in [2.24, 2.45) is 0 Å². The molecule has 32 heavy (non-hydrogen) atoms. The minimum atomic E-state index is -0.703. The Bertz CT molecular complexity index is 1170. The summed E-state index contributed by atoms with van der Waals surface area (Å²) < 4.78 is 10.8. The fourth-order valence-electron chi connectivity index (χ4n) is 3.15. The fraction of sp³-hybridized carbons (Fsp3) is 0.0870. The molecule has 0 fully saturated rings. The molecule has 3 aromatic rings.